The number of nitrogens with one attached hydrogen (secondary N) is 2. The second-order valence-corrected chi connectivity index (χ2v) is 5.42. The summed E-state index contributed by atoms with van der Waals surface area (Å²) < 4.78 is 5.42. The molecular formula is C16H19ClN2O2. The molecule has 0 aliphatic rings. The zero-order valence-corrected chi connectivity index (χ0v) is 13.1. The van der Waals surface area contributed by atoms with Crippen LogP contribution >= 0.6 is 11.6 Å². The van der Waals surface area contributed by atoms with Crippen LogP contribution in [0, 0.1) is 13.8 Å². The molecule has 21 heavy (non-hydrogen) atoms. The van der Waals surface area contributed by atoms with Gasteiger partial charge in [-0.15, -0.1) is 0 Å². The van der Waals surface area contributed by atoms with E-state index in [1.807, 2.05) is 51.1 Å². The summed E-state index contributed by atoms with van der Waals surface area (Å²) in [5.74, 6) is 1.67. The second-order valence-electron chi connectivity index (χ2n) is 5.01. The maximum Gasteiger partial charge on any atom is 0.315 e. The minimum Gasteiger partial charge on any atom is -0.466 e. The van der Waals surface area contributed by atoms with Gasteiger partial charge in [0.25, 0.3) is 0 Å². The van der Waals surface area contributed by atoms with E-state index in [0.29, 0.717) is 11.6 Å². The molecule has 0 aliphatic carbocycles. The zero-order valence-electron chi connectivity index (χ0n) is 12.4. The highest BCUT2D eigenvalue weighted by Crippen LogP contribution is 2.22. The molecule has 2 N–H and O–H groups in total. The van der Waals surface area contributed by atoms with Crippen LogP contribution in [0.3, 0.4) is 0 Å². The summed E-state index contributed by atoms with van der Waals surface area (Å²) >= 11 is 6.11. The molecule has 5 heteroatoms. The molecule has 112 valence electrons. The van der Waals surface area contributed by atoms with Crippen molar-refractivity contribution in [2.24, 2.45) is 0 Å². The lowest BCUT2D eigenvalue weighted by atomic mass is 10.1. The molecule has 1 heterocycles. The Morgan fingerprint density at radius 2 is 2.05 bits per heavy atom. The van der Waals surface area contributed by atoms with Gasteiger partial charge in [0.15, 0.2) is 0 Å². The third-order valence-corrected chi connectivity index (χ3v) is 3.65. The molecule has 0 saturated carbocycles. The second kappa shape index (κ2) is 6.68. The molecule has 0 saturated heterocycles. The standard InChI is InChI=1S/C16H19ClN2O2/c1-10-8-13(12(3)21-10)9-18-16(20)19-11(2)14-6-4-5-7-15(14)17/h4-8,11H,9H2,1-3H3,(H2,18,19,20). The van der Waals surface area contributed by atoms with Crippen molar-refractivity contribution < 1.29 is 9.21 Å². The number of halogens is 1. The lowest BCUT2D eigenvalue weighted by Gasteiger charge is -2.16. The van der Waals surface area contributed by atoms with Gasteiger partial charge in [0.1, 0.15) is 11.5 Å². The summed E-state index contributed by atoms with van der Waals surface area (Å²) in [6.07, 6.45) is 0. The molecule has 0 fully saturated rings. The maximum absolute atomic E-state index is 11.9. The van der Waals surface area contributed by atoms with Gasteiger partial charge in [-0.25, -0.2) is 4.79 Å². The molecule has 0 aliphatic heterocycles. The fourth-order valence-electron chi connectivity index (χ4n) is 2.19. The van der Waals surface area contributed by atoms with Crippen molar-refractivity contribution >= 4 is 17.6 Å². The van der Waals surface area contributed by atoms with Crippen LogP contribution in [0.2, 0.25) is 5.02 Å². The van der Waals surface area contributed by atoms with E-state index in [9.17, 15) is 4.79 Å². The number of benzene rings is 1. The highest BCUT2D eigenvalue weighted by Gasteiger charge is 2.12. The van der Waals surface area contributed by atoms with Crippen molar-refractivity contribution in [3.63, 3.8) is 0 Å². The van der Waals surface area contributed by atoms with Gasteiger partial charge in [-0.05, 0) is 38.5 Å². The van der Waals surface area contributed by atoms with Crippen LogP contribution < -0.4 is 10.6 Å². The van der Waals surface area contributed by atoms with Crippen LogP contribution in [0.5, 0.6) is 0 Å². The average Bonchev–Trinajstić information content (AvgIpc) is 2.75. The minimum absolute atomic E-state index is 0.161. The van der Waals surface area contributed by atoms with Crippen molar-refractivity contribution in [2.45, 2.75) is 33.4 Å². The molecule has 0 spiro atoms. The van der Waals surface area contributed by atoms with Crippen LogP contribution in [0.15, 0.2) is 34.7 Å². The molecule has 1 aromatic carbocycles. The Hall–Kier alpha value is -1.94. The summed E-state index contributed by atoms with van der Waals surface area (Å²) in [7, 11) is 0. The summed E-state index contributed by atoms with van der Waals surface area (Å²) in [6, 6.07) is 9.00. The topological polar surface area (TPSA) is 54.3 Å². The first-order valence-electron chi connectivity index (χ1n) is 6.82. The summed E-state index contributed by atoms with van der Waals surface area (Å²) in [6.45, 7) is 6.10. The highest BCUT2D eigenvalue weighted by molar-refractivity contribution is 6.31. The van der Waals surface area contributed by atoms with Gasteiger partial charge >= 0.3 is 6.03 Å². The molecule has 1 atom stereocenters. The van der Waals surface area contributed by atoms with Crippen LogP contribution in [-0.4, -0.2) is 6.03 Å². The number of amides is 2. The number of hydrogen-bond acceptors (Lipinski definition) is 2. The van der Waals surface area contributed by atoms with E-state index < -0.39 is 0 Å². The SMILES string of the molecule is Cc1cc(CNC(=O)NC(C)c2ccccc2Cl)c(C)o1. The van der Waals surface area contributed by atoms with Gasteiger partial charge in [0, 0.05) is 17.1 Å². The fourth-order valence-corrected chi connectivity index (χ4v) is 2.49. The third kappa shape index (κ3) is 4.02. The van der Waals surface area contributed by atoms with Crippen molar-refractivity contribution in [1.29, 1.82) is 0 Å². The number of aryl methyl sites for hydroxylation is 2. The Balaban J connectivity index is 1.90. The summed E-state index contributed by atoms with van der Waals surface area (Å²) in [5.41, 5.74) is 1.87. The normalized spacial score (nSPS) is 12.0. The van der Waals surface area contributed by atoms with Crippen molar-refractivity contribution in [1.82, 2.24) is 10.6 Å². The molecule has 4 nitrogen and oxygen atoms in total. The molecule has 0 bridgehead atoms. The van der Waals surface area contributed by atoms with Crippen LogP contribution in [-0.2, 0) is 6.54 Å². The van der Waals surface area contributed by atoms with E-state index in [1.54, 1.807) is 0 Å². The lowest BCUT2D eigenvalue weighted by molar-refractivity contribution is 0.237. The number of hydrogen-bond donors (Lipinski definition) is 2. The van der Waals surface area contributed by atoms with Gasteiger partial charge < -0.3 is 15.1 Å². The highest BCUT2D eigenvalue weighted by atomic mass is 35.5. The predicted octanol–water partition coefficient (Wildman–Crippen LogP) is 4.11. The smallest absolute Gasteiger partial charge is 0.315 e. The Morgan fingerprint density at radius 1 is 1.33 bits per heavy atom. The van der Waals surface area contributed by atoms with Crippen molar-refractivity contribution in [3.8, 4) is 0 Å². The maximum atomic E-state index is 11.9. The number of carbonyl (C=O) groups is 1. The number of rotatable bonds is 4. The Bertz CT molecular complexity index is 637. The first-order valence-corrected chi connectivity index (χ1v) is 7.20. The first-order chi connectivity index (χ1) is 9.97. The molecule has 1 unspecified atom stereocenters. The van der Waals surface area contributed by atoms with Crippen LogP contribution in [0.1, 0.15) is 35.6 Å². The lowest BCUT2D eigenvalue weighted by Crippen LogP contribution is -2.36. The van der Waals surface area contributed by atoms with Gasteiger partial charge in [-0.3, -0.25) is 0 Å². The number of carbonyl (C=O) groups excluding carboxylic acids is 1. The van der Waals surface area contributed by atoms with E-state index in [4.69, 9.17) is 16.0 Å². The molecule has 0 radical (unpaired) electrons. The zero-order chi connectivity index (χ0) is 15.4. The molecule has 2 rings (SSSR count). The summed E-state index contributed by atoms with van der Waals surface area (Å²) in [5, 5.41) is 6.33. The Kier molecular flexibility index (Phi) is 4.91. The monoisotopic (exact) mass is 306 g/mol. The largest absolute Gasteiger partial charge is 0.466 e. The predicted molar refractivity (Wildman–Crippen MR) is 83.4 cm³/mol. The van der Waals surface area contributed by atoms with Crippen LogP contribution in [0.25, 0.3) is 0 Å². The van der Waals surface area contributed by atoms with E-state index in [1.165, 1.54) is 0 Å². The number of furan rings is 1. The number of urea groups is 1. The van der Waals surface area contributed by atoms with Crippen molar-refractivity contribution in [2.75, 3.05) is 0 Å². The molecular weight excluding hydrogens is 288 g/mol. The quantitative estimate of drug-likeness (QED) is 0.893. The van der Waals surface area contributed by atoms with Gasteiger partial charge in [0.05, 0.1) is 6.04 Å². The van der Waals surface area contributed by atoms with Gasteiger partial charge in [-0.1, -0.05) is 29.8 Å². The molecule has 2 aromatic rings. The Morgan fingerprint density at radius 3 is 2.67 bits per heavy atom. The van der Waals surface area contributed by atoms with E-state index >= 15 is 0 Å². The summed E-state index contributed by atoms with van der Waals surface area (Å²) in [4.78, 5) is 11.9. The minimum atomic E-state index is -0.235. The fraction of sp³-hybridized carbons (Fsp3) is 0.312. The van der Waals surface area contributed by atoms with Gasteiger partial charge in [-0.2, -0.15) is 0 Å². The third-order valence-electron chi connectivity index (χ3n) is 3.30. The first kappa shape index (κ1) is 15.4. The van der Waals surface area contributed by atoms with E-state index in [2.05, 4.69) is 10.6 Å². The molecule has 2 amide bonds. The van der Waals surface area contributed by atoms with Crippen LogP contribution in [0.4, 0.5) is 4.79 Å². The molecule has 1 aromatic heterocycles. The Labute approximate surface area is 129 Å². The van der Waals surface area contributed by atoms with E-state index in [-0.39, 0.29) is 12.1 Å². The average molecular weight is 307 g/mol. The van der Waals surface area contributed by atoms with Gasteiger partial charge in [0.2, 0.25) is 0 Å². The van der Waals surface area contributed by atoms with E-state index in [0.717, 1.165) is 22.6 Å². The van der Waals surface area contributed by atoms with Crippen molar-refractivity contribution in [3.05, 3.63) is 58.0 Å².